The van der Waals surface area contributed by atoms with Crippen LogP contribution in [-0.4, -0.2) is 7.11 Å². The zero-order chi connectivity index (χ0) is 11.1. The van der Waals surface area contributed by atoms with Crippen molar-refractivity contribution < 1.29 is 4.74 Å². The van der Waals surface area contributed by atoms with Gasteiger partial charge in [-0.25, -0.2) is 0 Å². The molecular formula is C12H12N2O. The Balaban J connectivity index is 2.80. The molecule has 0 aliphatic rings. The molecule has 0 aliphatic carbocycles. The second kappa shape index (κ2) is 5.67. The highest BCUT2D eigenvalue weighted by Crippen LogP contribution is 2.21. The third-order valence-electron chi connectivity index (χ3n) is 2.18. The molecule has 1 atom stereocenters. The average Bonchev–Trinajstić information content (AvgIpc) is 2.29. The standard InChI is InChI=1S/C12H12N2O/c1-15-12-5-3-2-4-11(12)8-10(9-14)6-7-13/h2-5,10H,6,8H2,1H3. The van der Waals surface area contributed by atoms with Gasteiger partial charge in [0.25, 0.3) is 0 Å². The Kier molecular flexibility index (Phi) is 4.19. The first kappa shape index (κ1) is 11.1. The maximum atomic E-state index is 8.84. The highest BCUT2D eigenvalue weighted by atomic mass is 16.5. The quantitative estimate of drug-likeness (QED) is 0.749. The summed E-state index contributed by atoms with van der Waals surface area (Å²) in [5.74, 6) is 0.516. The van der Waals surface area contributed by atoms with Crippen LogP contribution in [0.4, 0.5) is 0 Å². The summed E-state index contributed by atoms with van der Waals surface area (Å²) in [7, 11) is 1.60. The Hall–Kier alpha value is -2.00. The van der Waals surface area contributed by atoms with Crippen molar-refractivity contribution in [3.8, 4) is 17.9 Å². The summed E-state index contributed by atoms with van der Waals surface area (Å²) in [5.41, 5.74) is 0.974. The van der Waals surface area contributed by atoms with Crippen molar-refractivity contribution in [1.29, 1.82) is 10.5 Å². The van der Waals surface area contributed by atoms with Crippen molar-refractivity contribution in [3.63, 3.8) is 0 Å². The van der Waals surface area contributed by atoms with Crippen molar-refractivity contribution in [3.05, 3.63) is 29.8 Å². The van der Waals surface area contributed by atoms with Gasteiger partial charge in [0.2, 0.25) is 0 Å². The predicted molar refractivity (Wildman–Crippen MR) is 56.0 cm³/mol. The number of methoxy groups -OCH3 is 1. The van der Waals surface area contributed by atoms with E-state index < -0.39 is 0 Å². The molecule has 0 aliphatic heterocycles. The molecule has 76 valence electrons. The van der Waals surface area contributed by atoms with Crippen molar-refractivity contribution in [2.24, 2.45) is 5.92 Å². The molecule has 3 nitrogen and oxygen atoms in total. The molecule has 0 bridgehead atoms. The Morgan fingerprint density at radius 2 is 2.07 bits per heavy atom. The van der Waals surface area contributed by atoms with Crippen LogP contribution >= 0.6 is 0 Å². The van der Waals surface area contributed by atoms with E-state index in [0.29, 0.717) is 6.42 Å². The summed E-state index contributed by atoms with van der Waals surface area (Å²) in [6, 6.07) is 11.7. The van der Waals surface area contributed by atoms with E-state index in [2.05, 4.69) is 6.07 Å². The molecule has 15 heavy (non-hydrogen) atoms. The van der Waals surface area contributed by atoms with Gasteiger partial charge in [0, 0.05) is 0 Å². The summed E-state index contributed by atoms with van der Waals surface area (Å²) in [4.78, 5) is 0. The van der Waals surface area contributed by atoms with Gasteiger partial charge in [-0.1, -0.05) is 18.2 Å². The fourth-order valence-electron chi connectivity index (χ4n) is 1.41. The average molecular weight is 200 g/mol. The number of nitriles is 2. The lowest BCUT2D eigenvalue weighted by Crippen LogP contribution is -2.02. The van der Waals surface area contributed by atoms with Gasteiger partial charge in [-0.2, -0.15) is 10.5 Å². The van der Waals surface area contributed by atoms with Crippen LogP contribution in [-0.2, 0) is 6.42 Å². The van der Waals surface area contributed by atoms with Crippen LogP contribution < -0.4 is 4.74 Å². The van der Waals surface area contributed by atoms with Crippen LogP contribution in [0.25, 0.3) is 0 Å². The van der Waals surface area contributed by atoms with E-state index in [1.807, 2.05) is 30.3 Å². The number of nitrogens with zero attached hydrogens (tertiary/aromatic N) is 2. The lowest BCUT2D eigenvalue weighted by Gasteiger charge is -2.09. The highest BCUT2D eigenvalue weighted by Gasteiger charge is 2.10. The van der Waals surface area contributed by atoms with Crippen molar-refractivity contribution in [2.75, 3.05) is 7.11 Å². The van der Waals surface area contributed by atoms with E-state index in [-0.39, 0.29) is 12.3 Å². The smallest absolute Gasteiger partial charge is 0.122 e. The number of para-hydroxylation sites is 1. The SMILES string of the molecule is COc1ccccc1CC(C#N)CC#N. The van der Waals surface area contributed by atoms with Gasteiger partial charge in [-0.05, 0) is 18.1 Å². The second-order valence-electron chi connectivity index (χ2n) is 3.20. The molecule has 1 aromatic carbocycles. The molecular weight excluding hydrogens is 188 g/mol. The minimum absolute atomic E-state index is 0.258. The van der Waals surface area contributed by atoms with Gasteiger partial charge >= 0.3 is 0 Å². The molecule has 1 aromatic rings. The van der Waals surface area contributed by atoms with Crippen LogP contribution in [0.5, 0.6) is 5.75 Å². The molecule has 0 fully saturated rings. The second-order valence-corrected chi connectivity index (χ2v) is 3.20. The summed E-state index contributed by atoms with van der Waals surface area (Å²) >= 11 is 0. The topological polar surface area (TPSA) is 56.8 Å². The van der Waals surface area contributed by atoms with E-state index in [0.717, 1.165) is 11.3 Å². The van der Waals surface area contributed by atoms with Crippen molar-refractivity contribution >= 4 is 0 Å². The summed E-state index contributed by atoms with van der Waals surface area (Å²) < 4.78 is 5.18. The molecule has 0 aromatic heterocycles. The first-order valence-electron chi connectivity index (χ1n) is 4.70. The van der Waals surface area contributed by atoms with Crippen LogP contribution in [0, 0.1) is 28.6 Å². The van der Waals surface area contributed by atoms with Gasteiger partial charge in [0.15, 0.2) is 0 Å². The van der Waals surface area contributed by atoms with Crippen LogP contribution in [0.1, 0.15) is 12.0 Å². The summed E-state index contributed by atoms with van der Waals surface area (Å²) in [6.07, 6.45) is 0.822. The fraction of sp³-hybridized carbons (Fsp3) is 0.333. The van der Waals surface area contributed by atoms with Crippen LogP contribution in [0.2, 0.25) is 0 Å². The maximum absolute atomic E-state index is 8.84. The molecule has 0 saturated carbocycles. The number of hydrogen-bond acceptors (Lipinski definition) is 3. The van der Waals surface area contributed by atoms with Gasteiger partial charge in [-0.15, -0.1) is 0 Å². The first-order chi connectivity index (χ1) is 7.31. The zero-order valence-electron chi connectivity index (χ0n) is 8.60. The van der Waals surface area contributed by atoms with Gasteiger partial charge in [0.05, 0.1) is 31.6 Å². The minimum Gasteiger partial charge on any atom is -0.496 e. The van der Waals surface area contributed by atoms with E-state index in [1.54, 1.807) is 7.11 Å². The largest absolute Gasteiger partial charge is 0.496 e. The van der Waals surface area contributed by atoms with Crippen molar-refractivity contribution in [1.82, 2.24) is 0 Å². The van der Waals surface area contributed by atoms with Gasteiger partial charge in [0.1, 0.15) is 5.75 Å². The third kappa shape index (κ3) is 3.00. The van der Waals surface area contributed by atoms with Crippen molar-refractivity contribution in [2.45, 2.75) is 12.8 Å². The Bertz CT molecular complexity index is 401. The summed E-state index contributed by atoms with van der Waals surface area (Å²) in [5, 5.41) is 17.4. The molecule has 0 amide bonds. The van der Waals surface area contributed by atoms with Gasteiger partial charge in [-0.3, -0.25) is 0 Å². The molecule has 3 heteroatoms. The monoisotopic (exact) mass is 200 g/mol. The van der Waals surface area contributed by atoms with E-state index in [4.69, 9.17) is 15.3 Å². The molecule has 0 spiro atoms. The van der Waals surface area contributed by atoms with E-state index in [1.165, 1.54) is 0 Å². The first-order valence-corrected chi connectivity index (χ1v) is 4.70. The molecule has 0 saturated heterocycles. The molecule has 1 rings (SSSR count). The number of hydrogen-bond donors (Lipinski definition) is 0. The predicted octanol–water partition coefficient (Wildman–Crippen LogP) is 2.29. The summed E-state index contributed by atoms with van der Waals surface area (Å²) in [6.45, 7) is 0. The molecule has 0 heterocycles. The lowest BCUT2D eigenvalue weighted by atomic mass is 9.97. The molecule has 1 unspecified atom stereocenters. The lowest BCUT2D eigenvalue weighted by molar-refractivity contribution is 0.407. The molecule has 0 radical (unpaired) electrons. The van der Waals surface area contributed by atoms with E-state index in [9.17, 15) is 0 Å². The zero-order valence-corrected chi connectivity index (χ0v) is 8.60. The van der Waals surface area contributed by atoms with Crippen LogP contribution in [0.3, 0.4) is 0 Å². The Labute approximate surface area is 89.5 Å². The number of rotatable bonds is 4. The Morgan fingerprint density at radius 3 is 2.67 bits per heavy atom. The minimum atomic E-state index is -0.258. The highest BCUT2D eigenvalue weighted by molar-refractivity contribution is 5.34. The van der Waals surface area contributed by atoms with Gasteiger partial charge < -0.3 is 4.74 Å². The number of benzene rings is 1. The number of ether oxygens (including phenoxy) is 1. The molecule has 0 N–H and O–H groups in total. The van der Waals surface area contributed by atoms with E-state index >= 15 is 0 Å². The third-order valence-corrected chi connectivity index (χ3v) is 2.18. The van der Waals surface area contributed by atoms with Crippen LogP contribution in [0.15, 0.2) is 24.3 Å². The normalized spacial score (nSPS) is 11.1. The maximum Gasteiger partial charge on any atom is 0.122 e. The fourth-order valence-corrected chi connectivity index (χ4v) is 1.41. The Morgan fingerprint density at radius 1 is 1.33 bits per heavy atom.